The third-order valence-corrected chi connectivity index (χ3v) is 1.62. The summed E-state index contributed by atoms with van der Waals surface area (Å²) < 4.78 is 40.3. The average molecular weight is 209 g/mol. The Morgan fingerprint density at radius 3 is 2.64 bits per heavy atom. The summed E-state index contributed by atoms with van der Waals surface area (Å²) in [6, 6.07) is 0. The van der Waals surface area contributed by atoms with Crippen molar-refractivity contribution >= 4 is 0 Å². The SMILES string of the molecule is CC(CN)c1nc(CC(F)(F)F)no1. The van der Waals surface area contributed by atoms with Crippen molar-refractivity contribution in [2.45, 2.75) is 25.4 Å². The molecule has 0 saturated heterocycles. The van der Waals surface area contributed by atoms with Crippen LogP contribution in [0.25, 0.3) is 0 Å². The molecular weight excluding hydrogens is 199 g/mol. The molecule has 1 aromatic rings. The van der Waals surface area contributed by atoms with E-state index in [1.54, 1.807) is 6.92 Å². The maximum Gasteiger partial charge on any atom is 0.396 e. The average Bonchev–Trinajstić information content (AvgIpc) is 2.48. The Hall–Kier alpha value is -1.11. The van der Waals surface area contributed by atoms with Gasteiger partial charge in [-0.2, -0.15) is 18.2 Å². The fraction of sp³-hybridized carbons (Fsp3) is 0.714. The van der Waals surface area contributed by atoms with Crippen LogP contribution in [0.15, 0.2) is 4.52 Å². The standard InChI is InChI=1S/C7H10F3N3O/c1-4(3-11)6-12-5(13-14-6)2-7(8,9)10/h4H,2-3,11H2,1H3. The summed E-state index contributed by atoms with van der Waals surface area (Å²) in [6.45, 7) is 1.96. The smallest absolute Gasteiger partial charge is 0.339 e. The molecule has 0 amide bonds. The predicted octanol–water partition coefficient (Wildman–Crippen LogP) is 1.24. The largest absolute Gasteiger partial charge is 0.396 e. The summed E-state index contributed by atoms with van der Waals surface area (Å²) in [5, 5.41) is 3.21. The Kier molecular flexibility index (Phi) is 3.10. The molecule has 1 aromatic heterocycles. The van der Waals surface area contributed by atoms with Crippen molar-refractivity contribution in [1.29, 1.82) is 0 Å². The number of aromatic nitrogens is 2. The summed E-state index contributed by atoms with van der Waals surface area (Å²) in [6.07, 6.45) is -5.49. The number of hydrogen-bond acceptors (Lipinski definition) is 4. The van der Waals surface area contributed by atoms with Gasteiger partial charge in [0.05, 0.1) is 0 Å². The lowest BCUT2D eigenvalue weighted by Gasteiger charge is -2.00. The minimum atomic E-state index is -4.31. The van der Waals surface area contributed by atoms with Gasteiger partial charge < -0.3 is 10.3 Å². The summed E-state index contributed by atoms with van der Waals surface area (Å²) in [5.74, 6) is -0.427. The molecule has 14 heavy (non-hydrogen) atoms. The number of alkyl halides is 3. The van der Waals surface area contributed by atoms with Gasteiger partial charge in [0.2, 0.25) is 5.89 Å². The molecule has 4 nitrogen and oxygen atoms in total. The quantitative estimate of drug-likeness (QED) is 0.813. The van der Waals surface area contributed by atoms with Crippen molar-refractivity contribution in [1.82, 2.24) is 10.1 Å². The van der Waals surface area contributed by atoms with Crippen molar-refractivity contribution in [3.63, 3.8) is 0 Å². The van der Waals surface area contributed by atoms with Gasteiger partial charge in [-0.3, -0.25) is 0 Å². The highest BCUT2D eigenvalue weighted by molar-refractivity contribution is 4.94. The number of nitrogens with two attached hydrogens (primary N) is 1. The van der Waals surface area contributed by atoms with E-state index in [0.717, 1.165) is 0 Å². The topological polar surface area (TPSA) is 64.9 Å². The normalized spacial score (nSPS) is 14.4. The Labute approximate surface area is 78.3 Å². The van der Waals surface area contributed by atoms with Gasteiger partial charge in [-0.1, -0.05) is 12.1 Å². The maximum atomic E-state index is 11.9. The summed E-state index contributed by atoms with van der Waals surface area (Å²) >= 11 is 0. The Morgan fingerprint density at radius 1 is 1.50 bits per heavy atom. The van der Waals surface area contributed by atoms with Crippen LogP contribution in [0.2, 0.25) is 0 Å². The Bertz CT molecular complexity index is 297. The van der Waals surface area contributed by atoms with Gasteiger partial charge in [0.15, 0.2) is 5.82 Å². The van der Waals surface area contributed by atoms with Crippen LogP contribution in [-0.2, 0) is 6.42 Å². The summed E-state index contributed by atoms with van der Waals surface area (Å²) in [5.41, 5.74) is 5.29. The molecule has 0 aromatic carbocycles. The highest BCUT2D eigenvalue weighted by Gasteiger charge is 2.30. The first kappa shape index (κ1) is 11.0. The molecule has 0 saturated carbocycles. The molecule has 0 aliphatic carbocycles. The van der Waals surface area contributed by atoms with E-state index < -0.39 is 12.6 Å². The van der Waals surface area contributed by atoms with Gasteiger partial charge >= 0.3 is 6.18 Å². The highest BCUT2D eigenvalue weighted by atomic mass is 19.4. The minimum Gasteiger partial charge on any atom is -0.339 e. The van der Waals surface area contributed by atoms with Gasteiger partial charge in [0.25, 0.3) is 0 Å². The zero-order valence-electron chi connectivity index (χ0n) is 7.51. The Balaban J connectivity index is 2.69. The second kappa shape index (κ2) is 3.95. The predicted molar refractivity (Wildman–Crippen MR) is 41.5 cm³/mol. The first-order chi connectivity index (χ1) is 6.42. The van der Waals surface area contributed by atoms with Crippen LogP contribution in [-0.4, -0.2) is 22.9 Å². The van der Waals surface area contributed by atoms with Gasteiger partial charge in [-0.05, 0) is 0 Å². The van der Waals surface area contributed by atoms with E-state index in [1.165, 1.54) is 0 Å². The second-order valence-corrected chi connectivity index (χ2v) is 2.98. The Morgan fingerprint density at radius 2 is 2.14 bits per heavy atom. The molecule has 0 spiro atoms. The van der Waals surface area contributed by atoms with E-state index in [2.05, 4.69) is 14.7 Å². The number of nitrogens with zero attached hydrogens (tertiary/aromatic N) is 2. The monoisotopic (exact) mass is 209 g/mol. The molecule has 2 N–H and O–H groups in total. The van der Waals surface area contributed by atoms with Gasteiger partial charge in [0, 0.05) is 12.5 Å². The molecule has 0 bridgehead atoms. The zero-order chi connectivity index (χ0) is 10.8. The van der Waals surface area contributed by atoms with Gasteiger partial charge in [-0.25, -0.2) is 0 Å². The van der Waals surface area contributed by atoms with E-state index in [0.29, 0.717) is 0 Å². The molecule has 1 rings (SSSR count). The van der Waals surface area contributed by atoms with E-state index in [4.69, 9.17) is 5.73 Å². The van der Waals surface area contributed by atoms with Crippen LogP contribution in [0.1, 0.15) is 24.6 Å². The van der Waals surface area contributed by atoms with Crippen LogP contribution in [0, 0.1) is 0 Å². The first-order valence-electron chi connectivity index (χ1n) is 4.01. The molecule has 80 valence electrons. The number of rotatable bonds is 3. The molecule has 0 fully saturated rings. The summed E-state index contributed by atoms with van der Waals surface area (Å²) in [4.78, 5) is 3.59. The summed E-state index contributed by atoms with van der Waals surface area (Å²) in [7, 11) is 0. The lowest BCUT2D eigenvalue weighted by Crippen LogP contribution is -2.13. The van der Waals surface area contributed by atoms with Crippen molar-refractivity contribution in [3.05, 3.63) is 11.7 Å². The van der Waals surface area contributed by atoms with Crippen LogP contribution in [0.3, 0.4) is 0 Å². The van der Waals surface area contributed by atoms with Crippen molar-refractivity contribution in [2.24, 2.45) is 5.73 Å². The molecule has 0 radical (unpaired) electrons. The lowest BCUT2D eigenvalue weighted by atomic mass is 10.2. The number of hydrogen-bond donors (Lipinski definition) is 1. The molecule has 1 heterocycles. The molecule has 0 aliphatic rings. The van der Waals surface area contributed by atoms with Crippen molar-refractivity contribution in [3.8, 4) is 0 Å². The number of halogens is 3. The maximum absolute atomic E-state index is 11.9. The first-order valence-corrected chi connectivity index (χ1v) is 4.01. The molecule has 0 aliphatic heterocycles. The van der Waals surface area contributed by atoms with Crippen LogP contribution in [0.5, 0.6) is 0 Å². The zero-order valence-corrected chi connectivity index (χ0v) is 7.51. The molecule has 1 unspecified atom stereocenters. The third kappa shape index (κ3) is 2.99. The fourth-order valence-electron chi connectivity index (χ4n) is 0.820. The van der Waals surface area contributed by atoms with E-state index in [-0.39, 0.29) is 24.2 Å². The van der Waals surface area contributed by atoms with E-state index in [9.17, 15) is 13.2 Å². The van der Waals surface area contributed by atoms with E-state index in [1.807, 2.05) is 0 Å². The van der Waals surface area contributed by atoms with Crippen LogP contribution < -0.4 is 5.73 Å². The second-order valence-electron chi connectivity index (χ2n) is 2.98. The molecular formula is C7H10F3N3O. The van der Waals surface area contributed by atoms with E-state index >= 15 is 0 Å². The molecule has 1 atom stereocenters. The fourth-order valence-corrected chi connectivity index (χ4v) is 0.820. The van der Waals surface area contributed by atoms with Crippen molar-refractivity contribution < 1.29 is 17.7 Å². The molecule has 7 heteroatoms. The van der Waals surface area contributed by atoms with Gasteiger partial charge in [-0.15, -0.1) is 0 Å². The third-order valence-electron chi connectivity index (χ3n) is 1.62. The van der Waals surface area contributed by atoms with Crippen molar-refractivity contribution in [2.75, 3.05) is 6.54 Å². The van der Waals surface area contributed by atoms with Gasteiger partial charge in [0.1, 0.15) is 6.42 Å². The lowest BCUT2D eigenvalue weighted by molar-refractivity contribution is -0.128. The highest BCUT2D eigenvalue weighted by Crippen LogP contribution is 2.20. The van der Waals surface area contributed by atoms with Crippen LogP contribution >= 0.6 is 0 Å². The van der Waals surface area contributed by atoms with Crippen LogP contribution in [0.4, 0.5) is 13.2 Å². The minimum absolute atomic E-state index is 0.145.